The number of hydrogen-bond acceptors (Lipinski definition) is 6. The van der Waals surface area contributed by atoms with Crippen molar-refractivity contribution in [2.75, 3.05) is 5.32 Å². The number of rotatable bonds is 2. The SMILES string of the molecule is O=C1CCC(Nc2nnc(Br)s2)C(=O)N1. The van der Waals surface area contributed by atoms with E-state index in [4.69, 9.17) is 0 Å². The molecule has 1 aromatic heterocycles. The zero-order valence-electron chi connectivity index (χ0n) is 7.49. The predicted octanol–water partition coefficient (Wildman–Crippen LogP) is 0.518. The van der Waals surface area contributed by atoms with Crippen molar-refractivity contribution in [3.63, 3.8) is 0 Å². The summed E-state index contributed by atoms with van der Waals surface area (Å²) in [5.74, 6) is -0.533. The van der Waals surface area contributed by atoms with Gasteiger partial charge in [0.05, 0.1) is 0 Å². The molecule has 2 N–H and O–H groups in total. The first-order valence-electron chi connectivity index (χ1n) is 4.24. The third-order valence-electron chi connectivity index (χ3n) is 1.94. The van der Waals surface area contributed by atoms with Gasteiger partial charge in [0.25, 0.3) is 0 Å². The van der Waals surface area contributed by atoms with Crippen molar-refractivity contribution in [1.29, 1.82) is 0 Å². The number of anilines is 1. The largest absolute Gasteiger partial charge is 0.348 e. The Bertz CT molecular complexity index is 407. The van der Waals surface area contributed by atoms with Gasteiger partial charge in [-0.05, 0) is 22.4 Å². The summed E-state index contributed by atoms with van der Waals surface area (Å²) in [4.78, 5) is 22.2. The van der Waals surface area contributed by atoms with E-state index in [1.165, 1.54) is 11.3 Å². The van der Waals surface area contributed by atoms with Crippen LogP contribution in [0, 0.1) is 0 Å². The van der Waals surface area contributed by atoms with Crippen LogP contribution < -0.4 is 10.6 Å². The van der Waals surface area contributed by atoms with E-state index < -0.39 is 6.04 Å². The minimum absolute atomic E-state index is 0.225. The van der Waals surface area contributed by atoms with Gasteiger partial charge in [-0.3, -0.25) is 14.9 Å². The molecule has 1 unspecified atom stereocenters. The Morgan fingerprint density at radius 3 is 2.87 bits per heavy atom. The maximum Gasteiger partial charge on any atom is 0.249 e. The number of carbonyl (C=O) groups is 2. The van der Waals surface area contributed by atoms with E-state index >= 15 is 0 Å². The lowest BCUT2D eigenvalue weighted by molar-refractivity contribution is -0.133. The highest BCUT2D eigenvalue weighted by Crippen LogP contribution is 2.22. The zero-order valence-corrected chi connectivity index (χ0v) is 9.89. The Hall–Kier alpha value is -1.02. The maximum absolute atomic E-state index is 11.4. The predicted molar refractivity (Wildman–Crippen MR) is 57.4 cm³/mol. The summed E-state index contributed by atoms with van der Waals surface area (Å²) < 4.78 is 0.650. The van der Waals surface area contributed by atoms with Crippen molar-refractivity contribution in [3.8, 4) is 0 Å². The van der Waals surface area contributed by atoms with Gasteiger partial charge in [0.1, 0.15) is 6.04 Å². The van der Waals surface area contributed by atoms with Gasteiger partial charge < -0.3 is 5.32 Å². The molecule has 0 saturated carbocycles. The van der Waals surface area contributed by atoms with Crippen molar-refractivity contribution in [3.05, 3.63) is 3.92 Å². The summed E-state index contributed by atoms with van der Waals surface area (Å²) >= 11 is 4.47. The van der Waals surface area contributed by atoms with Gasteiger partial charge >= 0.3 is 0 Å². The highest BCUT2D eigenvalue weighted by molar-refractivity contribution is 9.11. The Morgan fingerprint density at radius 1 is 1.47 bits per heavy atom. The maximum atomic E-state index is 11.4. The Morgan fingerprint density at radius 2 is 2.27 bits per heavy atom. The van der Waals surface area contributed by atoms with Crippen LogP contribution in [0.25, 0.3) is 0 Å². The summed E-state index contributed by atoms with van der Waals surface area (Å²) in [6.07, 6.45) is 0.839. The summed E-state index contributed by atoms with van der Waals surface area (Å²) in [6.45, 7) is 0. The highest BCUT2D eigenvalue weighted by atomic mass is 79.9. The second-order valence-corrected chi connectivity index (χ2v) is 5.26. The van der Waals surface area contributed by atoms with Crippen LogP contribution in [0.3, 0.4) is 0 Å². The number of aromatic nitrogens is 2. The molecule has 1 aromatic rings. The van der Waals surface area contributed by atoms with Crippen LogP contribution in [0.15, 0.2) is 3.92 Å². The Labute approximate surface area is 97.6 Å². The van der Waals surface area contributed by atoms with E-state index in [9.17, 15) is 9.59 Å². The van der Waals surface area contributed by atoms with Crippen molar-refractivity contribution in [1.82, 2.24) is 15.5 Å². The molecule has 1 saturated heterocycles. The van der Waals surface area contributed by atoms with E-state index in [0.717, 1.165) is 0 Å². The zero-order chi connectivity index (χ0) is 10.8. The number of imide groups is 1. The van der Waals surface area contributed by atoms with Crippen molar-refractivity contribution in [2.24, 2.45) is 0 Å². The molecule has 0 bridgehead atoms. The smallest absolute Gasteiger partial charge is 0.249 e. The lowest BCUT2D eigenvalue weighted by Crippen LogP contribution is -2.47. The average molecular weight is 291 g/mol. The number of hydrogen-bond donors (Lipinski definition) is 2. The Balaban J connectivity index is 2.00. The highest BCUT2D eigenvalue weighted by Gasteiger charge is 2.27. The molecule has 6 nitrogen and oxygen atoms in total. The molecule has 1 fully saturated rings. The quantitative estimate of drug-likeness (QED) is 0.776. The van der Waals surface area contributed by atoms with Crippen LogP contribution >= 0.6 is 27.3 Å². The third-order valence-corrected chi connectivity index (χ3v) is 3.22. The number of nitrogens with zero attached hydrogens (tertiary/aromatic N) is 2. The summed E-state index contributed by atoms with van der Waals surface area (Å²) in [5, 5.41) is 13.3. The molecular formula is C7H7BrN4O2S. The van der Waals surface area contributed by atoms with Gasteiger partial charge in [0, 0.05) is 6.42 Å². The normalized spacial score (nSPS) is 21.3. The van der Waals surface area contributed by atoms with Crippen LogP contribution in [0.1, 0.15) is 12.8 Å². The first-order chi connectivity index (χ1) is 7.15. The number of halogens is 1. The fourth-order valence-electron chi connectivity index (χ4n) is 1.24. The van der Waals surface area contributed by atoms with Gasteiger partial charge in [0.2, 0.25) is 16.9 Å². The van der Waals surface area contributed by atoms with Crippen molar-refractivity contribution >= 4 is 44.2 Å². The standard InChI is InChI=1S/C7H7BrN4O2S/c8-6-11-12-7(15-6)9-3-1-2-4(13)10-5(3)14/h3H,1-2H2,(H,9,12)(H,10,13,14). The summed E-state index contributed by atoms with van der Waals surface area (Å²) in [6, 6.07) is -0.400. The van der Waals surface area contributed by atoms with Gasteiger partial charge in [-0.25, -0.2) is 0 Å². The molecule has 0 aliphatic carbocycles. The fourth-order valence-corrected chi connectivity index (χ4v) is 2.31. The summed E-state index contributed by atoms with van der Waals surface area (Å²) in [7, 11) is 0. The second-order valence-electron chi connectivity index (χ2n) is 3.01. The monoisotopic (exact) mass is 290 g/mol. The molecule has 0 aromatic carbocycles. The van der Waals surface area contributed by atoms with Crippen molar-refractivity contribution in [2.45, 2.75) is 18.9 Å². The first-order valence-corrected chi connectivity index (χ1v) is 5.85. The molecule has 2 amide bonds. The van der Waals surface area contributed by atoms with Crippen LogP contribution in [-0.4, -0.2) is 28.1 Å². The molecule has 0 radical (unpaired) electrons. The van der Waals surface area contributed by atoms with Gasteiger partial charge in [-0.2, -0.15) is 0 Å². The minimum atomic E-state index is -0.400. The van der Waals surface area contributed by atoms with Gasteiger partial charge in [-0.15, -0.1) is 10.2 Å². The molecule has 15 heavy (non-hydrogen) atoms. The molecule has 1 atom stereocenters. The van der Waals surface area contributed by atoms with Gasteiger partial charge in [-0.1, -0.05) is 11.3 Å². The summed E-state index contributed by atoms with van der Waals surface area (Å²) in [5.41, 5.74) is 0. The molecule has 0 spiro atoms. The van der Waals surface area contributed by atoms with Crippen molar-refractivity contribution < 1.29 is 9.59 Å². The van der Waals surface area contributed by atoms with Gasteiger partial charge in [0.15, 0.2) is 3.92 Å². The van der Waals surface area contributed by atoms with Crippen LogP contribution in [0.5, 0.6) is 0 Å². The lowest BCUT2D eigenvalue weighted by Gasteiger charge is -2.20. The topological polar surface area (TPSA) is 84.0 Å². The number of nitrogens with one attached hydrogen (secondary N) is 2. The molecule has 1 aliphatic heterocycles. The number of piperidine rings is 1. The van der Waals surface area contributed by atoms with Crippen LogP contribution in [0.4, 0.5) is 5.13 Å². The Kier molecular flexibility index (Phi) is 2.96. The van der Waals surface area contributed by atoms with Crippen LogP contribution in [0.2, 0.25) is 0 Å². The molecule has 8 heteroatoms. The van der Waals surface area contributed by atoms with Crippen LogP contribution in [-0.2, 0) is 9.59 Å². The van der Waals surface area contributed by atoms with E-state index in [1.807, 2.05) is 0 Å². The molecular weight excluding hydrogens is 284 g/mol. The first kappa shape index (κ1) is 10.5. The molecule has 2 heterocycles. The number of carbonyl (C=O) groups excluding carboxylic acids is 2. The fraction of sp³-hybridized carbons (Fsp3) is 0.429. The molecule has 80 valence electrons. The molecule has 1 aliphatic rings. The van der Waals surface area contributed by atoms with E-state index in [-0.39, 0.29) is 11.8 Å². The third kappa shape index (κ3) is 2.51. The second kappa shape index (κ2) is 4.23. The van der Waals surface area contributed by atoms with E-state index in [1.54, 1.807) is 0 Å². The number of amides is 2. The average Bonchev–Trinajstić information content (AvgIpc) is 2.56. The molecule has 2 rings (SSSR count). The van der Waals surface area contributed by atoms with E-state index in [0.29, 0.717) is 21.9 Å². The van der Waals surface area contributed by atoms with E-state index in [2.05, 4.69) is 36.8 Å². The minimum Gasteiger partial charge on any atom is -0.348 e. The lowest BCUT2D eigenvalue weighted by atomic mass is 10.1.